The van der Waals surface area contributed by atoms with Crippen LogP contribution < -0.4 is 0 Å². The van der Waals surface area contributed by atoms with Gasteiger partial charge in [-0.25, -0.2) is 4.39 Å². The van der Waals surface area contributed by atoms with Gasteiger partial charge in [-0.1, -0.05) is 31.5 Å². The van der Waals surface area contributed by atoms with Crippen LogP contribution in [0, 0.1) is 11.7 Å². The molecule has 102 valence electrons. The molecule has 0 aliphatic carbocycles. The summed E-state index contributed by atoms with van der Waals surface area (Å²) in [5.74, 6) is 0.126. The van der Waals surface area contributed by atoms with E-state index >= 15 is 0 Å². The second-order valence-corrected chi connectivity index (χ2v) is 5.20. The summed E-state index contributed by atoms with van der Waals surface area (Å²) in [5, 5.41) is 10.2. The zero-order valence-electron chi connectivity index (χ0n) is 10.8. The van der Waals surface area contributed by atoms with E-state index in [4.69, 9.17) is 16.3 Å². The number of halogens is 2. The summed E-state index contributed by atoms with van der Waals surface area (Å²) < 4.78 is 18.9. The largest absolute Gasteiger partial charge is 0.388 e. The van der Waals surface area contributed by atoms with Gasteiger partial charge >= 0.3 is 0 Å². The Hall–Kier alpha value is -0.640. The SMILES string of the molecule is CC(C)CCOCCC(O)c1ccc(Cl)cc1F. The quantitative estimate of drug-likeness (QED) is 0.763. The highest BCUT2D eigenvalue weighted by Crippen LogP contribution is 2.22. The second-order valence-electron chi connectivity index (χ2n) is 4.77. The molecule has 1 aromatic rings. The van der Waals surface area contributed by atoms with Crippen LogP contribution in [0.25, 0.3) is 0 Å². The number of ether oxygens (including phenoxy) is 1. The van der Waals surface area contributed by atoms with Gasteiger partial charge in [-0.2, -0.15) is 0 Å². The molecule has 0 radical (unpaired) electrons. The van der Waals surface area contributed by atoms with Crippen LogP contribution in [0.15, 0.2) is 18.2 Å². The van der Waals surface area contributed by atoms with Crippen LogP contribution >= 0.6 is 11.6 Å². The van der Waals surface area contributed by atoms with Crippen molar-refractivity contribution >= 4 is 11.6 Å². The molecule has 0 fully saturated rings. The molecule has 0 aliphatic rings. The molecule has 1 atom stereocenters. The van der Waals surface area contributed by atoms with Crippen LogP contribution in [-0.2, 0) is 4.74 Å². The molecule has 1 unspecified atom stereocenters. The Morgan fingerprint density at radius 3 is 2.56 bits per heavy atom. The normalized spacial score (nSPS) is 13.0. The summed E-state index contributed by atoms with van der Waals surface area (Å²) in [7, 11) is 0. The number of aliphatic hydroxyl groups is 1. The lowest BCUT2D eigenvalue weighted by Crippen LogP contribution is -2.07. The first-order valence-corrected chi connectivity index (χ1v) is 6.59. The minimum absolute atomic E-state index is 0.270. The first-order valence-electron chi connectivity index (χ1n) is 6.21. The Bertz CT molecular complexity index is 369. The topological polar surface area (TPSA) is 29.5 Å². The minimum atomic E-state index is -0.846. The Labute approximate surface area is 113 Å². The third kappa shape index (κ3) is 5.34. The molecule has 1 aromatic carbocycles. The summed E-state index contributed by atoms with van der Waals surface area (Å²) in [4.78, 5) is 0. The van der Waals surface area contributed by atoms with Crippen molar-refractivity contribution in [1.29, 1.82) is 0 Å². The van der Waals surface area contributed by atoms with Crippen LogP contribution in [0.4, 0.5) is 4.39 Å². The minimum Gasteiger partial charge on any atom is -0.388 e. The standard InChI is InChI=1S/C14H20ClFO2/c1-10(2)5-7-18-8-6-14(17)12-4-3-11(15)9-13(12)16/h3-4,9-10,14,17H,5-8H2,1-2H3. The molecule has 0 heterocycles. The van der Waals surface area contributed by atoms with E-state index in [2.05, 4.69) is 13.8 Å². The predicted molar refractivity (Wildman–Crippen MR) is 71.3 cm³/mol. The fourth-order valence-corrected chi connectivity index (χ4v) is 1.70. The molecule has 0 bridgehead atoms. The molecule has 1 N–H and O–H groups in total. The average Bonchev–Trinajstić information content (AvgIpc) is 2.27. The van der Waals surface area contributed by atoms with Crippen molar-refractivity contribution < 1.29 is 14.2 Å². The van der Waals surface area contributed by atoms with Crippen LogP contribution in [0.1, 0.15) is 38.4 Å². The zero-order chi connectivity index (χ0) is 13.5. The molecule has 0 amide bonds. The fraction of sp³-hybridized carbons (Fsp3) is 0.571. The van der Waals surface area contributed by atoms with E-state index in [1.165, 1.54) is 12.1 Å². The molecule has 0 aromatic heterocycles. The molecule has 4 heteroatoms. The lowest BCUT2D eigenvalue weighted by molar-refractivity contribution is 0.0753. The Morgan fingerprint density at radius 2 is 1.94 bits per heavy atom. The third-order valence-corrected chi connectivity index (χ3v) is 2.93. The Morgan fingerprint density at radius 1 is 1.28 bits per heavy atom. The van der Waals surface area contributed by atoms with Gasteiger partial charge in [0.15, 0.2) is 0 Å². The molecule has 2 nitrogen and oxygen atoms in total. The van der Waals surface area contributed by atoms with Gasteiger partial charge < -0.3 is 9.84 Å². The van der Waals surface area contributed by atoms with Crippen molar-refractivity contribution in [2.45, 2.75) is 32.8 Å². The van der Waals surface area contributed by atoms with E-state index in [1.807, 2.05) is 0 Å². The van der Waals surface area contributed by atoms with E-state index in [0.717, 1.165) is 6.42 Å². The highest BCUT2D eigenvalue weighted by Gasteiger charge is 2.12. The van der Waals surface area contributed by atoms with E-state index < -0.39 is 11.9 Å². The fourth-order valence-electron chi connectivity index (χ4n) is 1.54. The van der Waals surface area contributed by atoms with E-state index in [0.29, 0.717) is 30.6 Å². The number of rotatable bonds is 7. The summed E-state index contributed by atoms with van der Waals surface area (Å²) in [6, 6.07) is 4.29. The molecule has 0 saturated heterocycles. The summed E-state index contributed by atoms with van der Waals surface area (Å²) in [6.07, 6.45) is 0.531. The van der Waals surface area contributed by atoms with Gasteiger partial charge in [0, 0.05) is 30.2 Å². The van der Waals surface area contributed by atoms with Crippen molar-refractivity contribution in [1.82, 2.24) is 0 Å². The van der Waals surface area contributed by atoms with E-state index in [1.54, 1.807) is 6.07 Å². The Balaban J connectivity index is 2.34. The molecule has 0 aliphatic heterocycles. The number of hydrogen-bond donors (Lipinski definition) is 1. The third-order valence-electron chi connectivity index (χ3n) is 2.70. The van der Waals surface area contributed by atoms with Gasteiger partial charge in [0.2, 0.25) is 0 Å². The van der Waals surface area contributed by atoms with Crippen molar-refractivity contribution in [2.75, 3.05) is 13.2 Å². The van der Waals surface area contributed by atoms with Crippen molar-refractivity contribution in [2.24, 2.45) is 5.92 Å². The lowest BCUT2D eigenvalue weighted by Gasteiger charge is -2.12. The maximum Gasteiger partial charge on any atom is 0.130 e. The molecule has 0 spiro atoms. The van der Waals surface area contributed by atoms with Gasteiger partial charge in [-0.3, -0.25) is 0 Å². The van der Waals surface area contributed by atoms with Gasteiger partial charge in [-0.15, -0.1) is 0 Å². The summed E-state index contributed by atoms with van der Waals surface area (Å²) in [6.45, 7) is 5.35. The molecule has 18 heavy (non-hydrogen) atoms. The van der Waals surface area contributed by atoms with Crippen LogP contribution in [0.2, 0.25) is 5.02 Å². The zero-order valence-corrected chi connectivity index (χ0v) is 11.6. The lowest BCUT2D eigenvalue weighted by atomic mass is 10.1. The predicted octanol–water partition coefficient (Wildman–Crippen LogP) is 3.97. The summed E-state index contributed by atoms with van der Waals surface area (Å²) in [5.41, 5.74) is 0.270. The van der Waals surface area contributed by atoms with Crippen molar-refractivity contribution in [3.05, 3.63) is 34.6 Å². The molecular formula is C14H20ClFO2. The smallest absolute Gasteiger partial charge is 0.130 e. The Kier molecular flexibility index (Phi) is 6.61. The highest BCUT2D eigenvalue weighted by molar-refractivity contribution is 6.30. The van der Waals surface area contributed by atoms with E-state index in [-0.39, 0.29) is 5.56 Å². The monoisotopic (exact) mass is 274 g/mol. The van der Waals surface area contributed by atoms with Crippen molar-refractivity contribution in [3.63, 3.8) is 0 Å². The molecule has 1 rings (SSSR count). The van der Waals surface area contributed by atoms with Gasteiger partial charge in [0.1, 0.15) is 5.82 Å². The summed E-state index contributed by atoms with van der Waals surface area (Å²) >= 11 is 5.65. The van der Waals surface area contributed by atoms with Gasteiger partial charge in [0.25, 0.3) is 0 Å². The van der Waals surface area contributed by atoms with Crippen LogP contribution in [-0.4, -0.2) is 18.3 Å². The molecular weight excluding hydrogens is 255 g/mol. The van der Waals surface area contributed by atoms with Gasteiger partial charge in [0.05, 0.1) is 6.10 Å². The first-order chi connectivity index (χ1) is 8.50. The molecule has 0 saturated carbocycles. The first kappa shape index (κ1) is 15.4. The number of hydrogen-bond acceptors (Lipinski definition) is 2. The van der Waals surface area contributed by atoms with Crippen LogP contribution in [0.3, 0.4) is 0 Å². The van der Waals surface area contributed by atoms with Gasteiger partial charge in [-0.05, 0) is 24.5 Å². The van der Waals surface area contributed by atoms with E-state index in [9.17, 15) is 9.50 Å². The average molecular weight is 275 g/mol. The van der Waals surface area contributed by atoms with Crippen LogP contribution in [0.5, 0.6) is 0 Å². The number of aliphatic hydroxyl groups excluding tert-OH is 1. The highest BCUT2D eigenvalue weighted by atomic mass is 35.5. The maximum absolute atomic E-state index is 13.5. The number of benzene rings is 1. The van der Waals surface area contributed by atoms with Crippen molar-refractivity contribution in [3.8, 4) is 0 Å². The second kappa shape index (κ2) is 7.72. The maximum atomic E-state index is 13.5.